The summed E-state index contributed by atoms with van der Waals surface area (Å²) < 4.78 is 13.5. The lowest BCUT2D eigenvalue weighted by atomic mass is 9.96. The number of benzene rings is 1. The van der Waals surface area contributed by atoms with Gasteiger partial charge in [-0.15, -0.1) is 0 Å². The molecule has 0 bridgehead atoms. The molecule has 2 nitrogen and oxygen atoms in total. The smallest absolute Gasteiger partial charge is 0.146 e. The first-order chi connectivity index (χ1) is 8.31. The number of hydrogen-bond donors (Lipinski definition) is 1. The second-order valence-corrected chi connectivity index (χ2v) is 4.60. The van der Waals surface area contributed by atoms with E-state index in [1.54, 1.807) is 12.1 Å². The van der Waals surface area contributed by atoms with Gasteiger partial charge in [0.25, 0.3) is 0 Å². The fourth-order valence-electron chi connectivity index (χ4n) is 2.41. The van der Waals surface area contributed by atoms with Crippen LogP contribution >= 0.6 is 0 Å². The minimum absolute atomic E-state index is 0.00268. The van der Waals surface area contributed by atoms with Gasteiger partial charge in [0.05, 0.1) is 17.7 Å². The van der Waals surface area contributed by atoms with Crippen molar-refractivity contribution in [3.63, 3.8) is 0 Å². The molecule has 0 spiro atoms. The third kappa shape index (κ3) is 2.97. The highest BCUT2D eigenvalue weighted by Crippen LogP contribution is 2.26. The molecule has 2 atom stereocenters. The lowest BCUT2D eigenvalue weighted by Gasteiger charge is -2.22. The van der Waals surface area contributed by atoms with Crippen LogP contribution < -0.4 is 5.32 Å². The number of para-hydroxylation sites is 1. The van der Waals surface area contributed by atoms with Crippen molar-refractivity contribution < 1.29 is 4.39 Å². The van der Waals surface area contributed by atoms with Gasteiger partial charge in [-0.1, -0.05) is 31.4 Å². The molecule has 1 aliphatic rings. The van der Waals surface area contributed by atoms with Crippen LogP contribution in [-0.4, -0.2) is 6.04 Å². The van der Waals surface area contributed by atoms with Gasteiger partial charge in [0.15, 0.2) is 0 Å². The predicted molar refractivity (Wildman–Crippen MR) is 66.0 cm³/mol. The van der Waals surface area contributed by atoms with E-state index in [0.29, 0.717) is 5.69 Å². The summed E-state index contributed by atoms with van der Waals surface area (Å²) >= 11 is 0. The Balaban J connectivity index is 2.10. The molecule has 0 heterocycles. The number of nitrogens with one attached hydrogen (secondary N) is 1. The Bertz CT molecular complexity index is 411. The number of nitriles is 1. The maximum absolute atomic E-state index is 13.5. The van der Waals surface area contributed by atoms with Gasteiger partial charge in [0.2, 0.25) is 0 Å². The maximum Gasteiger partial charge on any atom is 0.146 e. The van der Waals surface area contributed by atoms with Crippen molar-refractivity contribution in [1.82, 2.24) is 0 Å². The molecular weight excluding hydrogens is 215 g/mol. The van der Waals surface area contributed by atoms with E-state index < -0.39 is 0 Å². The third-order valence-electron chi connectivity index (χ3n) is 3.40. The Morgan fingerprint density at radius 1 is 1.18 bits per heavy atom. The van der Waals surface area contributed by atoms with Crippen LogP contribution in [0, 0.1) is 23.1 Å². The normalized spacial score (nSPS) is 24.7. The van der Waals surface area contributed by atoms with E-state index >= 15 is 0 Å². The van der Waals surface area contributed by atoms with Crippen LogP contribution in [0.1, 0.15) is 32.1 Å². The molecule has 90 valence electrons. The molecule has 0 aliphatic heterocycles. The number of nitrogens with zero attached hydrogens (tertiary/aromatic N) is 1. The number of anilines is 1. The van der Waals surface area contributed by atoms with Gasteiger partial charge in [-0.05, 0) is 25.0 Å². The van der Waals surface area contributed by atoms with Crippen LogP contribution in [0.4, 0.5) is 10.1 Å². The largest absolute Gasteiger partial charge is 0.379 e. The molecule has 1 N–H and O–H groups in total. The monoisotopic (exact) mass is 232 g/mol. The van der Waals surface area contributed by atoms with Crippen LogP contribution in [-0.2, 0) is 0 Å². The first-order valence-electron chi connectivity index (χ1n) is 6.22. The van der Waals surface area contributed by atoms with Gasteiger partial charge in [0, 0.05) is 6.04 Å². The molecule has 0 amide bonds. The van der Waals surface area contributed by atoms with Crippen molar-refractivity contribution in [3.8, 4) is 6.07 Å². The Morgan fingerprint density at radius 2 is 1.94 bits per heavy atom. The van der Waals surface area contributed by atoms with Gasteiger partial charge in [-0.25, -0.2) is 4.39 Å². The minimum atomic E-state index is -0.242. The highest BCUT2D eigenvalue weighted by atomic mass is 19.1. The molecule has 0 radical (unpaired) electrons. The Morgan fingerprint density at radius 3 is 2.71 bits per heavy atom. The van der Waals surface area contributed by atoms with Crippen molar-refractivity contribution in [3.05, 3.63) is 30.1 Å². The molecule has 3 heteroatoms. The molecule has 0 aromatic heterocycles. The van der Waals surface area contributed by atoms with Crippen molar-refractivity contribution in [2.75, 3.05) is 5.32 Å². The summed E-state index contributed by atoms with van der Waals surface area (Å²) in [5.74, 6) is -0.245. The molecule has 0 saturated heterocycles. The summed E-state index contributed by atoms with van der Waals surface area (Å²) in [6.45, 7) is 0. The van der Waals surface area contributed by atoms with E-state index in [1.807, 2.05) is 6.07 Å². The van der Waals surface area contributed by atoms with Crippen LogP contribution in [0.15, 0.2) is 24.3 Å². The Labute approximate surface area is 101 Å². The zero-order valence-electron chi connectivity index (χ0n) is 9.82. The highest BCUT2D eigenvalue weighted by Gasteiger charge is 2.23. The van der Waals surface area contributed by atoms with E-state index in [2.05, 4.69) is 11.4 Å². The van der Waals surface area contributed by atoms with Gasteiger partial charge < -0.3 is 5.32 Å². The van der Waals surface area contributed by atoms with Crippen molar-refractivity contribution >= 4 is 5.69 Å². The van der Waals surface area contributed by atoms with Crippen molar-refractivity contribution in [1.29, 1.82) is 5.26 Å². The second-order valence-electron chi connectivity index (χ2n) is 4.60. The summed E-state index contributed by atoms with van der Waals surface area (Å²) in [5, 5.41) is 12.3. The van der Waals surface area contributed by atoms with E-state index in [1.165, 1.54) is 12.5 Å². The molecular formula is C14H17FN2. The lowest BCUT2D eigenvalue weighted by molar-refractivity contribution is 0.510. The zero-order valence-corrected chi connectivity index (χ0v) is 9.82. The van der Waals surface area contributed by atoms with E-state index in [-0.39, 0.29) is 17.8 Å². The summed E-state index contributed by atoms with van der Waals surface area (Å²) in [5.41, 5.74) is 0.514. The summed E-state index contributed by atoms with van der Waals surface area (Å²) in [6, 6.07) is 9.09. The van der Waals surface area contributed by atoms with Crippen LogP contribution in [0.2, 0.25) is 0 Å². The SMILES string of the molecule is N#CC1CCCCCC1Nc1ccccc1F. The Kier molecular flexibility index (Phi) is 3.98. The quantitative estimate of drug-likeness (QED) is 0.789. The number of halogens is 1. The molecule has 17 heavy (non-hydrogen) atoms. The lowest BCUT2D eigenvalue weighted by Crippen LogP contribution is -2.27. The molecule has 1 fully saturated rings. The highest BCUT2D eigenvalue weighted by molar-refractivity contribution is 5.45. The number of hydrogen-bond acceptors (Lipinski definition) is 2. The predicted octanol–water partition coefficient (Wildman–Crippen LogP) is 3.71. The van der Waals surface area contributed by atoms with E-state index in [4.69, 9.17) is 5.26 Å². The second kappa shape index (κ2) is 5.67. The average molecular weight is 232 g/mol. The summed E-state index contributed by atoms with van der Waals surface area (Å²) in [6.07, 6.45) is 5.26. The third-order valence-corrected chi connectivity index (χ3v) is 3.40. The van der Waals surface area contributed by atoms with Crippen molar-refractivity contribution in [2.24, 2.45) is 5.92 Å². The standard InChI is InChI=1S/C14H17FN2/c15-12-7-4-5-9-14(12)17-13-8-3-1-2-6-11(13)10-16/h4-5,7,9,11,13,17H,1-3,6,8H2. The number of rotatable bonds is 2. The average Bonchev–Trinajstić information content (AvgIpc) is 2.57. The van der Waals surface area contributed by atoms with Gasteiger partial charge in [0.1, 0.15) is 5.82 Å². The van der Waals surface area contributed by atoms with Gasteiger partial charge >= 0.3 is 0 Å². The van der Waals surface area contributed by atoms with E-state index in [0.717, 1.165) is 25.7 Å². The van der Waals surface area contributed by atoms with Crippen LogP contribution in [0.5, 0.6) is 0 Å². The summed E-state index contributed by atoms with van der Waals surface area (Å²) in [4.78, 5) is 0. The molecule has 1 aromatic carbocycles. The van der Waals surface area contributed by atoms with Crippen LogP contribution in [0.25, 0.3) is 0 Å². The maximum atomic E-state index is 13.5. The Hall–Kier alpha value is -1.56. The summed E-state index contributed by atoms with van der Waals surface area (Å²) in [7, 11) is 0. The first-order valence-corrected chi connectivity index (χ1v) is 6.22. The van der Waals surface area contributed by atoms with Crippen molar-refractivity contribution in [2.45, 2.75) is 38.1 Å². The zero-order chi connectivity index (χ0) is 12.1. The topological polar surface area (TPSA) is 35.8 Å². The van der Waals surface area contributed by atoms with Gasteiger partial charge in [-0.3, -0.25) is 0 Å². The molecule has 1 saturated carbocycles. The van der Waals surface area contributed by atoms with Crippen LogP contribution in [0.3, 0.4) is 0 Å². The molecule has 2 unspecified atom stereocenters. The minimum Gasteiger partial charge on any atom is -0.379 e. The fraction of sp³-hybridized carbons (Fsp3) is 0.500. The molecule has 1 aromatic rings. The van der Waals surface area contributed by atoms with Gasteiger partial charge in [-0.2, -0.15) is 5.26 Å². The molecule has 2 rings (SSSR count). The van der Waals surface area contributed by atoms with E-state index in [9.17, 15) is 4.39 Å². The first kappa shape index (κ1) is 11.9. The fourth-order valence-corrected chi connectivity index (χ4v) is 2.41. The molecule has 1 aliphatic carbocycles.